The minimum atomic E-state index is -0.241. The van der Waals surface area contributed by atoms with Crippen molar-refractivity contribution >= 4 is 17.0 Å². The first-order valence-electron chi connectivity index (χ1n) is 5.57. The smallest absolute Gasteiger partial charge is 0.307 e. The molecule has 0 radical (unpaired) electrons. The molecule has 2 rings (SSSR count). The van der Waals surface area contributed by atoms with Crippen molar-refractivity contribution in [2.75, 3.05) is 13.2 Å². The molecule has 3 N–H and O–H groups in total. The third-order valence-corrected chi connectivity index (χ3v) is 2.49. The van der Waals surface area contributed by atoms with Crippen LogP contribution in [0, 0.1) is 0 Å². The third-order valence-electron chi connectivity index (χ3n) is 2.49. The van der Waals surface area contributed by atoms with Crippen LogP contribution in [0.3, 0.4) is 0 Å². The number of esters is 1. The standard InChI is InChI=1S/C12H15N3O2/c13-5-3-12(16)17-6-4-9-1-2-10-11(7-9)15-8-14-10/h1-2,7-8H,3-6,13H2,(H,14,15). The predicted molar refractivity (Wildman–Crippen MR) is 64.4 cm³/mol. The Morgan fingerprint density at radius 1 is 1.47 bits per heavy atom. The van der Waals surface area contributed by atoms with Gasteiger partial charge in [-0.3, -0.25) is 4.79 Å². The summed E-state index contributed by atoms with van der Waals surface area (Å²) in [7, 11) is 0. The molecule has 0 saturated carbocycles. The first-order chi connectivity index (χ1) is 8.29. The summed E-state index contributed by atoms with van der Waals surface area (Å²) in [5.74, 6) is -0.241. The van der Waals surface area contributed by atoms with Crippen molar-refractivity contribution in [2.24, 2.45) is 5.73 Å². The fraction of sp³-hybridized carbons (Fsp3) is 0.333. The molecule has 0 bridgehead atoms. The van der Waals surface area contributed by atoms with Gasteiger partial charge in [-0.1, -0.05) is 6.07 Å². The fourth-order valence-electron chi connectivity index (χ4n) is 1.61. The molecule has 0 aliphatic rings. The lowest BCUT2D eigenvalue weighted by Crippen LogP contribution is -2.12. The molecule has 0 saturated heterocycles. The molecule has 0 fully saturated rings. The molecule has 0 aliphatic carbocycles. The maximum atomic E-state index is 11.1. The second-order valence-electron chi connectivity index (χ2n) is 3.76. The molecule has 1 aromatic heterocycles. The summed E-state index contributed by atoms with van der Waals surface area (Å²) < 4.78 is 5.04. The van der Waals surface area contributed by atoms with Gasteiger partial charge in [0.25, 0.3) is 0 Å². The second kappa shape index (κ2) is 5.45. The van der Waals surface area contributed by atoms with Gasteiger partial charge >= 0.3 is 5.97 Å². The van der Waals surface area contributed by atoms with E-state index in [0.717, 1.165) is 16.6 Å². The molecule has 1 aromatic carbocycles. The van der Waals surface area contributed by atoms with Gasteiger partial charge in [-0.25, -0.2) is 4.98 Å². The van der Waals surface area contributed by atoms with Gasteiger partial charge in [0.15, 0.2) is 0 Å². The molecule has 2 aromatic rings. The van der Waals surface area contributed by atoms with Crippen LogP contribution in [0.15, 0.2) is 24.5 Å². The lowest BCUT2D eigenvalue weighted by molar-refractivity contribution is -0.143. The maximum absolute atomic E-state index is 11.1. The first kappa shape index (κ1) is 11.6. The molecule has 17 heavy (non-hydrogen) atoms. The normalized spacial score (nSPS) is 10.6. The van der Waals surface area contributed by atoms with E-state index in [4.69, 9.17) is 10.5 Å². The molecule has 90 valence electrons. The van der Waals surface area contributed by atoms with Gasteiger partial charge in [-0.05, 0) is 17.7 Å². The monoisotopic (exact) mass is 233 g/mol. The number of nitrogens with two attached hydrogens (primary N) is 1. The number of H-pyrrole nitrogens is 1. The van der Waals surface area contributed by atoms with Crippen LogP contribution in [0.5, 0.6) is 0 Å². The van der Waals surface area contributed by atoms with E-state index >= 15 is 0 Å². The summed E-state index contributed by atoms with van der Waals surface area (Å²) in [6, 6.07) is 5.95. The minimum absolute atomic E-state index is 0.241. The quantitative estimate of drug-likeness (QED) is 0.755. The van der Waals surface area contributed by atoms with Crippen molar-refractivity contribution in [2.45, 2.75) is 12.8 Å². The van der Waals surface area contributed by atoms with Crippen LogP contribution in [0.2, 0.25) is 0 Å². The van der Waals surface area contributed by atoms with E-state index in [1.807, 2.05) is 18.2 Å². The van der Waals surface area contributed by atoms with Crippen molar-refractivity contribution < 1.29 is 9.53 Å². The Hall–Kier alpha value is -1.88. The average molecular weight is 233 g/mol. The van der Waals surface area contributed by atoms with Crippen molar-refractivity contribution in [3.63, 3.8) is 0 Å². The number of hydrogen-bond donors (Lipinski definition) is 2. The topological polar surface area (TPSA) is 81.0 Å². The Morgan fingerprint density at radius 2 is 2.35 bits per heavy atom. The van der Waals surface area contributed by atoms with E-state index < -0.39 is 0 Å². The van der Waals surface area contributed by atoms with Crippen LogP contribution in [0.25, 0.3) is 11.0 Å². The summed E-state index contributed by atoms with van der Waals surface area (Å²) in [5, 5.41) is 0. The van der Waals surface area contributed by atoms with E-state index in [9.17, 15) is 4.79 Å². The number of benzene rings is 1. The van der Waals surface area contributed by atoms with E-state index in [-0.39, 0.29) is 12.4 Å². The molecular formula is C12H15N3O2. The molecular weight excluding hydrogens is 218 g/mol. The summed E-state index contributed by atoms with van der Waals surface area (Å²) >= 11 is 0. The van der Waals surface area contributed by atoms with Crippen molar-refractivity contribution in [1.29, 1.82) is 0 Å². The van der Waals surface area contributed by atoms with Crippen LogP contribution in [0.1, 0.15) is 12.0 Å². The van der Waals surface area contributed by atoms with Gasteiger partial charge in [0.2, 0.25) is 0 Å². The second-order valence-corrected chi connectivity index (χ2v) is 3.76. The minimum Gasteiger partial charge on any atom is -0.465 e. The van der Waals surface area contributed by atoms with Crippen LogP contribution in [0.4, 0.5) is 0 Å². The van der Waals surface area contributed by atoms with Gasteiger partial charge < -0.3 is 15.5 Å². The number of nitrogens with zero attached hydrogens (tertiary/aromatic N) is 1. The zero-order valence-electron chi connectivity index (χ0n) is 9.48. The highest BCUT2D eigenvalue weighted by Crippen LogP contribution is 2.12. The summed E-state index contributed by atoms with van der Waals surface area (Å²) in [4.78, 5) is 18.3. The lowest BCUT2D eigenvalue weighted by atomic mass is 10.1. The average Bonchev–Trinajstić information content (AvgIpc) is 2.76. The van der Waals surface area contributed by atoms with Crippen LogP contribution < -0.4 is 5.73 Å². The van der Waals surface area contributed by atoms with Crippen LogP contribution >= 0.6 is 0 Å². The number of carbonyl (C=O) groups is 1. The number of ether oxygens (including phenoxy) is 1. The summed E-state index contributed by atoms with van der Waals surface area (Å²) in [6.45, 7) is 0.720. The van der Waals surface area contributed by atoms with E-state index in [1.165, 1.54) is 0 Å². The molecule has 0 unspecified atom stereocenters. The van der Waals surface area contributed by atoms with Gasteiger partial charge in [0.1, 0.15) is 0 Å². The Kier molecular flexibility index (Phi) is 3.72. The largest absolute Gasteiger partial charge is 0.465 e. The molecule has 5 nitrogen and oxygen atoms in total. The highest BCUT2D eigenvalue weighted by molar-refractivity contribution is 5.75. The number of hydrogen-bond acceptors (Lipinski definition) is 4. The number of rotatable bonds is 5. The number of fused-ring (bicyclic) bond motifs is 1. The zero-order valence-corrected chi connectivity index (χ0v) is 9.48. The predicted octanol–water partition coefficient (Wildman–Crippen LogP) is 0.997. The van der Waals surface area contributed by atoms with Gasteiger partial charge in [-0.15, -0.1) is 0 Å². The molecule has 0 atom stereocenters. The first-order valence-corrected chi connectivity index (χ1v) is 5.57. The number of nitrogens with one attached hydrogen (secondary N) is 1. The van der Waals surface area contributed by atoms with Crippen molar-refractivity contribution in [3.05, 3.63) is 30.1 Å². The third kappa shape index (κ3) is 3.04. The molecule has 0 aliphatic heterocycles. The highest BCUT2D eigenvalue weighted by Gasteiger charge is 2.02. The molecule has 5 heteroatoms. The van der Waals surface area contributed by atoms with Gasteiger partial charge in [0, 0.05) is 13.0 Å². The Bertz CT molecular complexity index is 507. The van der Waals surface area contributed by atoms with Crippen LogP contribution in [-0.4, -0.2) is 29.1 Å². The molecule has 0 amide bonds. The Labute approximate surface area is 99.0 Å². The van der Waals surface area contributed by atoms with Gasteiger partial charge in [0.05, 0.1) is 30.4 Å². The summed E-state index contributed by atoms with van der Waals surface area (Å²) in [5.41, 5.74) is 8.30. The highest BCUT2D eigenvalue weighted by atomic mass is 16.5. The Balaban J connectivity index is 1.88. The zero-order chi connectivity index (χ0) is 12.1. The van der Waals surface area contributed by atoms with E-state index in [1.54, 1.807) is 6.33 Å². The maximum Gasteiger partial charge on any atom is 0.307 e. The molecule has 0 spiro atoms. The molecule has 1 heterocycles. The Morgan fingerprint density at radius 3 is 3.18 bits per heavy atom. The fourth-order valence-corrected chi connectivity index (χ4v) is 1.61. The number of carbonyl (C=O) groups excluding carboxylic acids is 1. The van der Waals surface area contributed by atoms with Crippen molar-refractivity contribution in [3.8, 4) is 0 Å². The number of aromatic amines is 1. The van der Waals surface area contributed by atoms with Crippen LogP contribution in [-0.2, 0) is 16.0 Å². The van der Waals surface area contributed by atoms with Crippen molar-refractivity contribution in [1.82, 2.24) is 9.97 Å². The number of aromatic nitrogens is 2. The SMILES string of the molecule is NCCC(=O)OCCc1ccc2nc[nH]c2c1. The number of imidazole rings is 1. The van der Waals surface area contributed by atoms with Gasteiger partial charge in [-0.2, -0.15) is 0 Å². The van der Waals surface area contributed by atoms with E-state index in [2.05, 4.69) is 9.97 Å². The lowest BCUT2D eigenvalue weighted by Gasteiger charge is -2.04. The summed E-state index contributed by atoms with van der Waals surface area (Å²) in [6.07, 6.45) is 2.64. The van der Waals surface area contributed by atoms with E-state index in [0.29, 0.717) is 19.6 Å².